The number of carbonyl (C=O) groups is 2. The van der Waals surface area contributed by atoms with Crippen molar-refractivity contribution < 1.29 is 18.7 Å². The number of hydrogen-bond donors (Lipinski definition) is 1. The Hall–Kier alpha value is -3.04. The maximum absolute atomic E-state index is 11.7. The molecule has 24 heavy (non-hydrogen) atoms. The van der Waals surface area contributed by atoms with Gasteiger partial charge in [-0.3, -0.25) is 4.79 Å². The molecule has 0 fully saturated rings. The van der Waals surface area contributed by atoms with Crippen LogP contribution in [0.4, 0.5) is 0 Å². The first-order valence-electron chi connectivity index (χ1n) is 6.82. The average Bonchev–Trinajstić information content (AvgIpc) is 3.07. The van der Waals surface area contributed by atoms with E-state index in [1.54, 1.807) is 36.4 Å². The maximum atomic E-state index is 11.7. The molecule has 6 nitrogen and oxygen atoms in total. The van der Waals surface area contributed by atoms with Crippen molar-refractivity contribution in [3.05, 3.63) is 52.3 Å². The minimum atomic E-state index is -0.556. The molecule has 1 aromatic carbocycles. The number of methoxy groups -OCH3 is 1. The second-order valence-corrected chi connectivity index (χ2v) is 5.04. The van der Waals surface area contributed by atoms with E-state index in [1.165, 1.54) is 20.2 Å². The van der Waals surface area contributed by atoms with Crippen molar-refractivity contribution in [2.45, 2.75) is 0 Å². The smallest absolute Gasteiger partial charge is 0.339 e. The lowest BCUT2D eigenvalue weighted by Crippen LogP contribution is -2.18. The van der Waals surface area contributed by atoms with Crippen LogP contribution in [0.5, 0.6) is 0 Å². The topological polar surface area (TPSA) is 92.3 Å². The van der Waals surface area contributed by atoms with Gasteiger partial charge in [0.2, 0.25) is 0 Å². The maximum Gasteiger partial charge on any atom is 0.339 e. The van der Waals surface area contributed by atoms with Crippen molar-refractivity contribution in [3.63, 3.8) is 0 Å². The number of rotatable bonds is 4. The molecular weight excluding hydrogens is 332 g/mol. The van der Waals surface area contributed by atoms with Crippen molar-refractivity contribution in [3.8, 4) is 17.4 Å². The number of likely N-dealkylation sites (N-methyl/N-ethyl adjacent to an activating group) is 1. The van der Waals surface area contributed by atoms with Crippen molar-refractivity contribution in [2.24, 2.45) is 0 Å². The molecule has 0 aliphatic carbocycles. The number of hydrogen-bond acceptors (Lipinski definition) is 5. The molecule has 0 unspecified atom stereocenters. The Morgan fingerprint density at radius 1 is 1.33 bits per heavy atom. The highest BCUT2D eigenvalue weighted by Crippen LogP contribution is 2.28. The summed E-state index contributed by atoms with van der Waals surface area (Å²) in [6, 6.07) is 9.87. The molecule has 0 aliphatic heterocycles. The number of carbonyl (C=O) groups excluding carboxylic acids is 2. The Kier molecular flexibility index (Phi) is 5.40. The SMILES string of the molecule is CNC(=O)C(C#N)=Cc1ccc(-c2ccc(Cl)c(C(=O)OC)c2)o1. The molecule has 2 aromatic rings. The molecule has 1 amide bonds. The van der Waals surface area contributed by atoms with Crippen LogP contribution in [0.15, 0.2) is 40.3 Å². The Morgan fingerprint density at radius 2 is 2.08 bits per heavy atom. The van der Waals surface area contributed by atoms with Gasteiger partial charge in [0.1, 0.15) is 23.2 Å². The van der Waals surface area contributed by atoms with Gasteiger partial charge in [0, 0.05) is 18.7 Å². The number of nitriles is 1. The fourth-order valence-corrected chi connectivity index (χ4v) is 2.15. The van der Waals surface area contributed by atoms with Gasteiger partial charge in [-0.05, 0) is 30.3 Å². The molecule has 0 radical (unpaired) electrons. The highest BCUT2D eigenvalue weighted by molar-refractivity contribution is 6.33. The molecule has 0 atom stereocenters. The van der Waals surface area contributed by atoms with Crippen LogP contribution in [0, 0.1) is 11.3 Å². The number of nitrogens with zero attached hydrogens (tertiary/aromatic N) is 1. The number of benzene rings is 1. The molecule has 1 N–H and O–H groups in total. The molecule has 0 saturated carbocycles. The highest BCUT2D eigenvalue weighted by Gasteiger charge is 2.14. The van der Waals surface area contributed by atoms with Gasteiger partial charge in [-0.1, -0.05) is 11.6 Å². The summed E-state index contributed by atoms with van der Waals surface area (Å²) in [7, 11) is 2.70. The van der Waals surface area contributed by atoms with Gasteiger partial charge < -0.3 is 14.5 Å². The van der Waals surface area contributed by atoms with E-state index in [2.05, 4.69) is 10.1 Å². The normalized spacial score (nSPS) is 10.8. The van der Waals surface area contributed by atoms with Gasteiger partial charge >= 0.3 is 5.97 Å². The van der Waals surface area contributed by atoms with Gasteiger partial charge in [0.25, 0.3) is 5.91 Å². The van der Waals surface area contributed by atoms with Crippen LogP contribution in [0.25, 0.3) is 17.4 Å². The third-order valence-corrected chi connectivity index (χ3v) is 3.49. The molecule has 0 spiro atoms. The number of amides is 1. The zero-order valence-corrected chi connectivity index (χ0v) is 13.7. The fourth-order valence-electron chi connectivity index (χ4n) is 1.96. The Labute approximate surface area is 143 Å². The third kappa shape index (κ3) is 3.65. The molecule has 0 saturated heterocycles. The van der Waals surface area contributed by atoms with Gasteiger partial charge in [-0.25, -0.2) is 4.79 Å². The monoisotopic (exact) mass is 344 g/mol. The van der Waals surface area contributed by atoms with Crippen molar-refractivity contribution in [1.82, 2.24) is 5.32 Å². The van der Waals surface area contributed by atoms with Crippen LogP contribution >= 0.6 is 11.6 Å². The Bertz CT molecular complexity index is 862. The van der Waals surface area contributed by atoms with E-state index in [1.807, 2.05) is 0 Å². The zero-order chi connectivity index (χ0) is 17.7. The van der Waals surface area contributed by atoms with Crippen LogP contribution in [0.3, 0.4) is 0 Å². The Balaban J connectivity index is 2.38. The van der Waals surface area contributed by atoms with E-state index in [4.69, 9.17) is 21.3 Å². The van der Waals surface area contributed by atoms with Crippen molar-refractivity contribution in [2.75, 3.05) is 14.2 Å². The van der Waals surface area contributed by atoms with E-state index in [-0.39, 0.29) is 16.2 Å². The number of halogens is 1. The summed E-state index contributed by atoms with van der Waals surface area (Å²) >= 11 is 5.98. The molecule has 0 aliphatic rings. The standard InChI is InChI=1S/C17H13ClN2O4/c1-20-16(21)11(9-19)7-12-4-6-15(24-12)10-3-5-14(18)13(8-10)17(22)23-2/h3-8H,1-2H3,(H,20,21). The second-order valence-electron chi connectivity index (χ2n) is 4.64. The van der Waals surface area contributed by atoms with Gasteiger partial charge in [-0.2, -0.15) is 5.26 Å². The minimum absolute atomic E-state index is 0.0789. The minimum Gasteiger partial charge on any atom is -0.465 e. The predicted molar refractivity (Wildman–Crippen MR) is 88.2 cm³/mol. The zero-order valence-electron chi connectivity index (χ0n) is 12.9. The number of ether oxygens (including phenoxy) is 1. The number of esters is 1. The fraction of sp³-hybridized carbons (Fsp3) is 0.118. The molecule has 7 heteroatoms. The van der Waals surface area contributed by atoms with E-state index < -0.39 is 11.9 Å². The molecule has 122 valence electrons. The van der Waals surface area contributed by atoms with Gasteiger partial charge in [0.15, 0.2) is 0 Å². The van der Waals surface area contributed by atoms with E-state index in [0.717, 1.165) is 0 Å². The summed E-state index contributed by atoms with van der Waals surface area (Å²) < 4.78 is 10.3. The van der Waals surface area contributed by atoms with Crippen LogP contribution in [-0.2, 0) is 9.53 Å². The van der Waals surface area contributed by atoms with Crippen molar-refractivity contribution in [1.29, 1.82) is 5.26 Å². The highest BCUT2D eigenvalue weighted by atomic mass is 35.5. The van der Waals surface area contributed by atoms with Gasteiger partial charge in [-0.15, -0.1) is 0 Å². The summed E-state index contributed by atoms with van der Waals surface area (Å²) in [5.74, 6) is -0.271. The number of nitrogens with one attached hydrogen (secondary N) is 1. The predicted octanol–water partition coefficient (Wildman–Crippen LogP) is 3.04. The van der Waals surface area contributed by atoms with Gasteiger partial charge in [0.05, 0.1) is 17.7 Å². The second kappa shape index (κ2) is 7.49. The average molecular weight is 345 g/mol. The third-order valence-electron chi connectivity index (χ3n) is 3.16. The summed E-state index contributed by atoms with van der Waals surface area (Å²) in [6.07, 6.45) is 1.33. The lowest BCUT2D eigenvalue weighted by atomic mass is 10.1. The van der Waals surface area contributed by atoms with Crippen LogP contribution in [-0.4, -0.2) is 26.0 Å². The quantitative estimate of drug-likeness (QED) is 0.523. The Morgan fingerprint density at radius 3 is 2.71 bits per heavy atom. The van der Waals surface area contributed by atoms with Crippen molar-refractivity contribution >= 4 is 29.6 Å². The molecule has 1 aromatic heterocycles. The van der Waals surface area contributed by atoms with Crippen LogP contribution in [0.2, 0.25) is 5.02 Å². The molecule has 1 heterocycles. The van der Waals surface area contributed by atoms with E-state index >= 15 is 0 Å². The first-order chi connectivity index (χ1) is 11.5. The first kappa shape index (κ1) is 17.3. The molecular formula is C17H13ClN2O4. The molecule has 0 bridgehead atoms. The van der Waals surface area contributed by atoms with Crippen LogP contribution < -0.4 is 5.32 Å². The summed E-state index contributed by atoms with van der Waals surface area (Å²) in [5, 5.41) is 11.6. The number of furan rings is 1. The summed E-state index contributed by atoms with van der Waals surface area (Å²) in [6.45, 7) is 0. The largest absolute Gasteiger partial charge is 0.465 e. The molecule has 2 rings (SSSR count). The van der Waals surface area contributed by atoms with E-state index in [0.29, 0.717) is 17.1 Å². The summed E-state index contributed by atoms with van der Waals surface area (Å²) in [4.78, 5) is 23.2. The first-order valence-corrected chi connectivity index (χ1v) is 7.20. The van der Waals surface area contributed by atoms with E-state index in [9.17, 15) is 9.59 Å². The lowest BCUT2D eigenvalue weighted by molar-refractivity contribution is -0.116. The lowest BCUT2D eigenvalue weighted by Gasteiger charge is -2.04. The van der Waals surface area contributed by atoms with Crippen LogP contribution in [0.1, 0.15) is 16.1 Å². The summed E-state index contributed by atoms with van der Waals surface area (Å²) in [5.41, 5.74) is 0.746.